The summed E-state index contributed by atoms with van der Waals surface area (Å²) in [5, 5.41) is 10.6. The number of primary amides is 1. The largest absolute Gasteiger partial charge is 0.368 e. The lowest BCUT2D eigenvalue weighted by molar-refractivity contribution is -0.126. The van der Waals surface area contributed by atoms with Crippen LogP contribution < -0.4 is 11.1 Å². The second-order valence-electron chi connectivity index (χ2n) is 7.50. The molecule has 1 fully saturated rings. The molecular formula is C21H30ClN7O. The third-order valence-electron chi connectivity index (χ3n) is 5.57. The van der Waals surface area contributed by atoms with Crippen LogP contribution >= 0.6 is 11.6 Å². The van der Waals surface area contributed by atoms with E-state index in [4.69, 9.17) is 22.4 Å². The van der Waals surface area contributed by atoms with Gasteiger partial charge in [-0.3, -0.25) is 4.79 Å². The Morgan fingerprint density at radius 3 is 2.60 bits per heavy atom. The average Bonchev–Trinajstić information content (AvgIpc) is 2.74. The van der Waals surface area contributed by atoms with Crippen molar-refractivity contribution >= 4 is 35.0 Å². The SMILES string of the molecule is CCNC1(C(N)=O)CCN(C2=NC(C)=NCN2/N=C(\CC)c2ccccc2Cl)CC1. The smallest absolute Gasteiger partial charge is 0.237 e. The number of benzene rings is 1. The topological polar surface area (TPSA) is 98.7 Å². The van der Waals surface area contributed by atoms with Crippen LogP contribution in [-0.2, 0) is 4.79 Å². The van der Waals surface area contributed by atoms with Crippen molar-refractivity contribution in [1.82, 2.24) is 15.2 Å². The van der Waals surface area contributed by atoms with Crippen LogP contribution in [0.25, 0.3) is 0 Å². The van der Waals surface area contributed by atoms with Gasteiger partial charge in [0.2, 0.25) is 11.9 Å². The number of piperidine rings is 1. The maximum Gasteiger partial charge on any atom is 0.237 e. The summed E-state index contributed by atoms with van der Waals surface area (Å²) in [6, 6.07) is 7.70. The summed E-state index contributed by atoms with van der Waals surface area (Å²) in [7, 11) is 0. The standard InChI is InChI=1S/C21H30ClN7O/c1-4-18(16-8-6-7-9-17(16)22)27-29-14-24-15(3)26-20(29)28-12-10-21(11-13-28,19(23)30)25-5-2/h6-9,25H,4-5,10-14H2,1-3H3,(H2,23,30)/b27-18+. The Morgan fingerprint density at radius 1 is 1.30 bits per heavy atom. The van der Waals surface area contributed by atoms with E-state index in [2.05, 4.69) is 27.1 Å². The summed E-state index contributed by atoms with van der Waals surface area (Å²) < 4.78 is 0. The number of carbonyl (C=O) groups excluding carboxylic acids is 1. The van der Waals surface area contributed by atoms with Crippen molar-refractivity contribution in [3.05, 3.63) is 34.9 Å². The second-order valence-corrected chi connectivity index (χ2v) is 7.91. The van der Waals surface area contributed by atoms with Gasteiger partial charge < -0.3 is 16.0 Å². The predicted molar refractivity (Wildman–Crippen MR) is 122 cm³/mol. The minimum absolute atomic E-state index is 0.297. The number of nitrogens with one attached hydrogen (secondary N) is 1. The number of hydrogen-bond donors (Lipinski definition) is 2. The Hall–Kier alpha value is -2.45. The first kappa shape index (κ1) is 22.2. The highest BCUT2D eigenvalue weighted by Crippen LogP contribution is 2.24. The molecule has 0 aliphatic carbocycles. The van der Waals surface area contributed by atoms with Gasteiger partial charge in [0.05, 0.1) is 5.71 Å². The van der Waals surface area contributed by atoms with Crippen molar-refractivity contribution in [3.8, 4) is 0 Å². The van der Waals surface area contributed by atoms with Crippen LogP contribution in [0.15, 0.2) is 39.4 Å². The summed E-state index contributed by atoms with van der Waals surface area (Å²) in [6.07, 6.45) is 1.96. The number of amides is 1. The minimum Gasteiger partial charge on any atom is -0.368 e. The van der Waals surface area contributed by atoms with Gasteiger partial charge in [0.15, 0.2) is 0 Å². The number of nitrogens with zero attached hydrogens (tertiary/aromatic N) is 5. The first-order chi connectivity index (χ1) is 14.4. The number of hydrazone groups is 1. The lowest BCUT2D eigenvalue weighted by Gasteiger charge is -2.42. The van der Waals surface area contributed by atoms with E-state index in [9.17, 15) is 4.79 Å². The van der Waals surface area contributed by atoms with Gasteiger partial charge >= 0.3 is 0 Å². The fraction of sp³-hybridized carbons (Fsp3) is 0.524. The molecule has 2 heterocycles. The number of rotatable bonds is 6. The molecule has 1 amide bonds. The van der Waals surface area contributed by atoms with Crippen molar-refractivity contribution in [3.63, 3.8) is 0 Å². The van der Waals surface area contributed by atoms with Gasteiger partial charge in [0.1, 0.15) is 18.0 Å². The molecule has 30 heavy (non-hydrogen) atoms. The molecule has 3 rings (SSSR count). The molecular weight excluding hydrogens is 402 g/mol. The normalized spacial score (nSPS) is 19.4. The van der Waals surface area contributed by atoms with E-state index in [0.717, 1.165) is 23.7 Å². The number of halogens is 1. The Balaban J connectivity index is 1.85. The molecule has 3 N–H and O–H groups in total. The van der Waals surface area contributed by atoms with Crippen LogP contribution in [0.1, 0.15) is 45.6 Å². The van der Waals surface area contributed by atoms with Crippen LogP contribution in [-0.4, -0.2) is 65.2 Å². The minimum atomic E-state index is -0.663. The molecule has 0 bridgehead atoms. The third-order valence-corrected chi connectivity index (χ3v) is 5.90. The summed E-state index contributed by atoms with van der Waals surface area (Å²) >= 11 is 6.40. The number of aliphatic imine (C=N–C) groups is 2. The van der Waals surface area contributed by atoms with Crippen LogP contribution in [0.5, 0.6) is 0 Å². The zero-order chi connectivity index (χ0) is 21.7. The van der Waals surface area contributed by atoms with Crippen LogP contribution in [0.3, 0.4) is 0 Å². The van der Waals surface area contributed by atoms with E-state index >= 15 is 0 Å². The van der Waals surface area contributed by atoms with Crippen molar-refractivity contribution in [2.75, 3.05) is 26.3 Å². The molecule has 1 saturated heterocycles. The second kappa shape index (κ2) is 9.57. The monoisotopic (exact) mass is 431 g/mol. The zero-order valence-corrected chi connectivity index (χ0v) is 18.6. The molecule has 2 aliphatic heterocycles. The highest BCUT2D eigenvalue weighted by Gasteiger charge is 2.40. The lowest BCUT2D eigenvalue weighted by atomic mass is 9.86. The summed E-state index contributed by atoms with van der Waals surface area (Å²) in [5.41, 5.74) is 6.83. The summed E-state index contributed by atoms with van der Waals surface area (Å²) in [6.45, 7) is 8.32. The van der Waals surface area contributed by atoms with Gasteiger partial charge in [-0.05, 0) is 38.8 Å². The molecule has 0 unspecified atom stereocenters. The highest BCUT2D eigenvalue weighted by molar-refractivity contribution is 6.34. The first-order valence-corrected chi connectivity index (χ1v) is 10.8. The molecule has 0 saturated carbocycles. The fourth-order valence-electron chi connectivity index (χ4n) is 3.87. The predicted octanol–water partition coefficient (Wildman–Crippen LogP) is 2.43. The van der Waals surface area contributed by atoms with E-state index in [1.54, 1.807) is 0 Å². The van der Waals surface area contributed by atoms with Crippen LogP contribution in [0.4, 0.5) is 0 Å². The number of hydrogen-bond acceptors (Lipinski definition) is 7. The zero-order valence-electron chi connectivity index (χ0n) is 17.9. The highest BCUT2D eigenvalue weighted by atomic mass is 35.5. The van der Waals surface area contributed by atoms with Crippen molar-refractivity contribution in [2.24, 2.45) is 20.8 Å². The number of likely N-dealkylation sites (N-methyl/N-ethyl adjacent to an activating group) is 1. The molecule has 0 radical (unpaired) electrons. The van der Waals surface area contributed by atoms with E-state index in [1.165, 1.54) is 0 Å². The third kappa shape index (κ3) is 4.65. The molecule has 162 valence electrons. The van der Waals surface area contributed by atoms with Crippen molar-refractivity contribution in [2.45, 2.75) is 45.6 Å². The van der Waals surface area contributed by atoms with Crippen molar-refractivity contribution < 1.29 is 4.79 Å². The molecule has 0 atom stereocenters. The van der Waals surface area contributed by atoms with Gasteiger partial charge in [0, 0.05) is 23.7 Å². The van der Waals surface area contributed by atoms with E-state index in [-0.39, 0.29) is 5.91 Å². The Bertz CT molecular complexity index is 872. The van der Waals surface area contributed by atoms with Gasteiger partial charge in [-0.1, -0.05) is 43.6 Å². The van der Waals surface area contributed by atoms with Gasteiger partial charge in [-0.15, -0.1) is 0 Å². The number of amidine groups is 1. The number of nitrogens with two attached hydrogens (primary N) is 1. The van der Waals surface area contributed by atoms with Gasteiger partial charge in [-0.2, -0.15) is 10.1 Å². The fourth-order valence-corrected chi connectivity index (χ4v) is 4.12. The molecule has 2 aliphatic rings. The Morgan fingerprint density at radius 2 is 2.00 bits per heavy atom. The quantitative estimate of drug-likeness (QED) is 0.675. The van der Waals surface area contributed by atoms with Gasteiger partial charge in [-0.25, -0.2) is 10.0 Å². The molecule has 0 aromatic heterocycles. The van der Waals surface area contributed by atoms with E-state index in [1.807, 2.05) is 43.1 Å². The summed E-state index contributed by atoms with van der Waals surface area (Å²) in [4.78, 5) is 23.4. The average molecular weight is 432 g/mol. The molecule has 9 heteroatoms. The number of likely N-dealkylation sites (tertiary alicyclic amines) is 1. The van der Waals surface area contributed by atoms with Gasteiger partial charge in [0.25, 0.3) is 0 Å². The molecule has 1 aromatic carbocycles. The Labute approximate surface area is 182 Å². The summed E-state index contributed by atoms with van der Waals surface area (Å²) in [5.74, 6) is 1.16. The van der Waals surface area contributed by atoms with Crippen LogP contribution in [0, 0.1) is 0 Å². The maximum absolute atomic E-state index is 12.1. The van der Waals surface area contributed by atoms with Crippen molar-refractivity contribution in [1.29, 1.82) is 0 Å². The lowest BCUT2D eigenvalue weighted by Crippen LogP contribution is -2.62. The first-order valence-electron chi connectivity index (χ1n) is 10.4. The number of carbonyl (C=O) groups is 1. The number of guanidine groups is 1. The maximum atomic E-state index is 12.1. The molecule has 8 nitrogen and oxygen atoms in total. The molecule has 0 spiro atoms. The Kier molecular flexibility index (Phi) is 7.10. The van der Waals surface area contributed by atoms with Crippen LogP contribution in [0.2, 0.25) is 5.02 Å². The van der Waals surface area contributed by atoms with E-state index in [0.29, 0.717) is 50.0 Å². The van der Waals surface area contributed by atoms with E-state index < -0.39 is 5.54 Å². The molecule has 1 aromatic rings.